The minimum atomic E-state index is -0.738. The fraction of sp³-hybridized carbons (Fsp3) is 0. The van der Waals surface area contributed by atoms with E-state index in [1.807, 2.05) is 12.1 Å². The number of hydrogen-bond acceptors (Lipinski definition) is 3. The van der Waals surface area contributed by atoms with Gasteiger partial charge in [0.1, 0.15) is 0 Å². The van der Waals surface area contributed by atoms with Crippen LogP contribution in [-0.4, -0.2) is 11.8 Å². The summed E-state index contributed by atoms with van der Waals surface area (Å²) < 4.78 is 0.694. The number of amides is 2. The second-order valence-corrected chi connectivity index (χ2v) is 6.36. The van der Waals surface area contributed by atoms with E-state index < -0.39 is 11.8 Å². The highest BCUT2D eigenvalue weighted by atomic mass is 79.9. The Bertz CT molecular complexity index is 927. The standard InChI is InChI=1S/C20H16BrN3O2/c21-17-8-4-5-9-18(17)23-19(25)20(26)24(15-6-2-1-3-7-15)16-12-10-14(22)11-13-16/h1-13H,22H2,(H,23,25). The third-order valence-corrected chi connectivity index (χ3v) is 4.38. The highest BCUT2D eigenvalue weighted by molar-refractivity contribution is 9.10. The molecule has 26 heavy (non-hydrogen) atoms. The number of halogens is 1. The number of nitrogen functional groups attached to an aromatic ring is 1. The van der Waals surface area contributed by atoms with Gasteiger partial charge in [0.25, 0.3) is 0 Å². The third kappa shape index (κ3) is 3.92. The lowest BCUT2D eigenvalue weighted by Crippen LogP contribution is -2.36. The Balaban J connectivity index is 1.93. The van der Waals surface area contributed by atoms with Crippen molar-refractivity contribution in [1.82, 2.24) is 0 Å². The molecule has 130 valence electrons. The zero-order valence-corrected chi connectivity index (χ0v) is 15.3. The first-order chi connectivity index (χ1) is 12.6. The van der Waals surface area contributed by atoms with Gasteiger partial charge in [-0.05, 0) is 64.5 Å². The highest BCUT2D eigenvalue weighted by Crippen LogP contribution is 2.27. The summed E-state index contributed by atoms with van der Waals surface area (Å²) in [7, 11) is 0. The van der Waals surface area contributed by atoms with Gasteiger partial charge >= 0.3 is 11.8 Å². The van der Waals surface area contributed by atoms with Gasteiger partial charge in [0.2, 0.25) is 0 Å². The van der Waals surface area contributed by atoms with Gasteiger partial charge in [-0.1, -0.05) is 30.3 Å². The monoisotopic (exact) mass is 409 g/mol. The number of anilines is 4. The SMILES string of the molecule is Nc1ccc(N(C(=O)C(=O)Nc2ccccc2Br)c2ccccc2)cc1. The molecule has 0 spiro atoms. The lowest BCUT2D eigenvalue weighted by molar-refractivity contribution is -0.134. The minimum absolute atomic E-state index is 0.524. The summed E-state index contributed by atoms with van der Waals surface area (Å²) in [5.41, 5.74) is 7.97. The maximum atomic E-state index is 12.9. The molecule has 0 heterocycles. The molecule has 0 aromatic heterocycles. The van der Waals surface area contributed by atoms with Crippen molar-refractivity contribution in [3.05, 3.63) is 83.3 Å². The average molecular weight is 410 g/mol. The maximum absolute atomic E-state index is 12.9. The van der Waals surface area contributed by atoms with Crippen LogP contribution in [-0.2, 0) is 9.59 Å². The second-order valence-electron chi connectivity index (χ2n) is 5.50. The van der Waals surface area contributed by atoms with Crippen LogP contribution in [0.1, 0.15) is 0 Å². The first kappa shape index (κ1) is 17.7. The number of carbonyl (C=O) groups excluding carboxylic acids is 2. The molecule has 3 aromatic rings. The van der Waals surface area contributed by atoms with Crippen LogP contribution in [0, 0.1) is 0 Å². The van der Waals surface area contributed by atoms with E-state index in [4.69, 9.17) is 5.73 Å². The number of nitrogens with one attached hydrogen (secondary N) is 1. The van der Waals surface area contributed by atoms with E-state index in [-0.39, 0.29) is 0 Å². The molecule has 0 radical (unpaired) electrons. The number of hydrogen-bond donors (Lipinski definition) is 2. The molecule has 0 bridgehead atoms. The van der Waals surface area contributed by atoms with E-state index in [0.717, 1.165) is 0 Å². The Morgan fingerprint density at radius 3 is 2.04 bits per heavy atom. The van der Waals surface area contributed by atoms with Crippen LogP contribution in [0.15, 0.2) is 83.3 Å². The molecule has 0 saturated carbocycles. The Morgan fingerprint density at radius 2 is 1.38 bits per heavy atom. The predicted molar refractivity (Wildman–Crippen MR) is 107 cm³/mol. The largest absolute Gasteiger partial charge is 0.399 e. The van der Waals surface area contributed by atoms with E-state index in [0.29, 0.717) is 27.2 Å². The first-order valence-corrected chi connectivity index (χ1v) is 8.66. The normalized spacial score (nSPS) is 10.2. The molecule has 0 aliphatic rings. The number of para-hydroxylation sites is 2. The number of benzene rings is 3. The lowest BCUT2D eigenvalue weighted by Gasteiger charge is -2.22. The van der Waals surface area contributed by atoms with Crippen LogP contribution in [0.25, 0.3) is 0 Å². The molecule has 2 amide bonds. The molecule has 0 unspecified atom stereocenters. The smallest absolute Gasteiger partial charge is 0.321 e. The van der Waals surface area contributed by atoms with Crippen molar-refractivity contribution < 1.29 is 9.59 Å². The van der Waals surface area contributed by atoms with E-state index in [1.54, 1.807) is 66.7 Å². The number of nitrogens with two attached hydrogens (primary N) is 1. The van der Waals surface area contributed by atoms with Gasteiger partial charge in [-0.25, -0.2) is 0 Å². The van der Waals surface area contributed by atoms with Crippen molar-refractivity contribution in [2.45, 2.75) is 0 Å². The van der Waals surface area contributed by atoms with Crippen molar-refractivity contribution in [2.75, 3.05) is 16.0 Å². The van der Waals surface area contributed by atoms with E-state index in [1.165, 1.54) is 4.90 Å². The fourth-order valence-electron chi connectivity index (χ4n) is 2.42. The minimum Gasteiger partial charge on any atom is -0.399 e. The van der Waals surface area contributed by atoms with Gasteiger partial charge in [-0.15, -0.1) is 0 Å². The van der Waals surface area contributed by atoms with Crippen LogP contribution in [0.5, 0.6) is 0 Å². The number of nitrogens with zero attached hydrogens (tertiary/aromatic N) is 1. The third-order valence-electron chi connectivity index (χ3n) is 3.69. The summed E-state index contributed by atoms with van der Waals surface area (Å²) in [5, 5.41) is 2.64. The molecule has 3 rings (SSSR count). The van der Waals surface area contributed by atoms with Crippen molar-refractivity contribution in [3.8, 4) is 0 Å². The molecular weight excluding hydrogens is 394 g/mol. The van der Waals surface area contributed by atoms with Crippen LogP contribution in [0.3, 0.4) is 0 Å². The van der Waals surface area contributed by atoms with Gasteiger partial charge in [-0.3, -0.25) is 14.5 Å². The molecule has 5 nitrogen and oxygen atoms in total. The van der Waals surface area contributed by atoms with Gasteiger partial charge in [0.05, 0.1) is 5.69 Å². The van der Waals surface area contributed by atoms with Crippen molar-refractivity contribution in [2.24, 2.45) is 0 Å². The summed E-state index contributed by atoms with van der Waals surface area (Å²) in [6, 6.07) is 22.9. The Morgan fingerprint density at radius 1 is 0.808 bits per heavy atom. The summed E-state index contributed by atoms with van der Waals surface area (Å²) in [5.74, 6) is -1.44. The molecule has 0 atom stereocenters. The van der Waals surface area contributed by atoms with Crippen LogP contribution in [0.2, 0.25) is 0 Å². The highest BCUT2D eigenvalue weighted by Gasteiger charge is 2.25. The van der Waals surface area contributed by atoms with Gasteiger partial charge in [0, 0.05) is 21.5 Å². The predicted octanol–water partition coefficient (Wildman–Crippen LogP) is 4.33. The summed E-state index contributed by atoms with van der Waals surface area (Å²) >= 11 is 3.36. The lowest BCUT2D eigenvalue weighted by atomic mass is 10.2. The Kier molecular flexibility index (Phi) is 5.34. The van der Waals surface area contributed by atoms with E-state index in [2.05, 4.69) is 21.2 Å². The fourth-order valence-corrected chi connectivity index (χ4v) is 2.81. The molecule has 0 aliphatic carbocycles. The molecule has 0 saturated heterocycles. The quantitative estimate of drug-likeness (QED) is 0.499. The van der Waals surface area contributed by atoms with Crippen LogP contribution < -0.4 is 16.0 Å². The van der Waals surface area contributed by atoms with Crippen molar-refractivity contribution in [1.29, 1.82) is 0 Å². The molecule has 0 fully saturated rings. The molecule has 6 heteroatoms. The van der Waals surface area contributed by atoms with Crippen LogP contribution >= 0.6 is 15.9 Å². The summed E-state index contributed by atoms with van der Waals surface area (Å²) in [6.45, 7) is 0. The Hall–Kier alpha value is -3.12. The summed E-state index contributed by atoms with van der Waals surface area (Å²) in [4.78, 5) is 26.8. The Labute approximate surface area is 159 Å². The molecule has 3 aromatic carbocycles. The first-order valence-electron chi connectivity index (χ1n) is 7.87. The molecule has 0 aliphatic heterocycles. The van der Waals surface area contributed by atoms with Crippen molar-refractivity contribution in [3.63, 3.8) is 0 Å². The zero-order valence-electron chi connectivity index (χ0n) is 13.7. The van der Waals surface area contributed by atoms with E-state index >= 15 is 0 Å². The van der Waals surface area contributed by atoms with Gasteiger partial charge < -0.3 is 11.1 Å². The van der Waals surface area contributed by atoms with Crippen molar-refractivity contribution >= 4 is 50.5 Å². The van der Waals surface area contributed by atoms with Gasteiger partial charge in [0.15, 0.2) is 0 Å². The molecular formula is C20H16BrN3O2. The van der Waals surface area contributed by atoms with Gasteiger partial charge in [-0.2, -0.15) is 0 Å². The number of rotatable bonds is 3. The average Bonchev–Trinajstić information content (AvgIpc) is 2.66. The number of carbonyl (C=O) groups is 2. The van der Waals surface area contributed by atoms with Crippen LogP contribution in [0.4, 0.5) is 22.7 Å². The zero-order chi connectivity index (χ0) is 18.5. The maximum Gasteiger partial charge on any atom is 0.321 e. The summed E-state index contributed by atoms with van der Waals surface area (Å²) in [6.07, 6.45) is 0. The van der Waals surface area contributed by atoms with E-state index in [9.17, 15) is 9.59 Å². The molecule has 3 N–H and O–H groups in total. The topological polar surface area (TPSA) is 75.4 Å². The second kappa shape index (κ2) is 7.84.